The van der Waals surface area contributed by atoms with E-state index in [9.17, 15) is 8.42 Å². The fourth-order valence-corrected chi connectivity index (χ4v) is 5.70. The Labute approximate surface area is 175 Å². The van der Waals surface area contributed by atoms with Gasteiger partial charge in [-0.25, -0.2) is 8.42 Å². The minimum absolute atomic E-state index is 0.284. The SMILES string of the molecule is Cc1cccc(-c2noc([C@@H]3CCCN3S(=O)(=O)c3ccc4ccccc4c3)n2)c1. The van der Waals surface area contributed by atoms with E-state index in [1.54, 1.807) is 12.1 Å². The zero-order valence-corrected chi connectivity index (χ0v) is 17.3. The molecule has 2 heterocycles. The molecule has 1 aromatic heterocycles. The molecule has 0 amide bonds. The zero-order valence-electron chi connectivity index (χ0n) is 16.5. The Morgan fingerprint density at radius 3 is 2.67 bits per heavy atom. The molecule has 1 aliphatic heterocycles. The quantitative estimate of drug-likeness (QED) is 0.478. The van der Waals surface area contributed by atoms with Crippen LogP contribution in [0.2, 0.25) is 0 Å². The fourth-order valence-electron chi connectivity index (χ4n) is 4.01. The van der Waals surface area contributed by atoms with Gasteiger partial charge in [-0.05, 0) is 48.7 Å². The standard InChI is InChI=1S/C23H21N3O3S/c1-16-6-4-9-19(14-16)22-24-23(29-25-22)21-10-5-13-26(21)30(27,28)20-12-11-17-7-2-3-8-18(17)15-20/h2-4,6-9,11-12,14-15,21H,5,10,13H2,1H3/t21-/m0/s1. The Morgan fingerprint density at radius 2 is 1.83 bits per heavy atom. The molecule has 6 nitrogen and oxygen atoms in total. The van der Waals surface area contributed by atoms with Crippen LogP contribution in [0.15, 0.2) is 76.1 Å². The first-order chi connectivity index (χ1) is 14.5. The van der Waals surface area contributed by atoms with Crippen LogP contribution in [0.1, 0.15) is 30.3 Å². The van der Waals surface area contributed by atoms with Gasteiger partial charge < -0.3 is 4.52 Å². The highest BCUT2D eigenvalue weighted by Crippen LogP contribution is 2.37. The van der Waals surface area contributed by atoms with Gasteiger partial charge in [-0.1, -0.05) is 59.3 Å². The molecular weight excluding hydrogens is 398 g/mol. The average molecular weight is 420 g/mol. The summed E-state index contributed by atoms with van der Waals surface area (Å²) in [5.41, 5.74) is 1.95. The smallest absolute Gasteiger partial charge is 0.245 e. The number of rotatable bonds is 4. The number of hydrogen-bond donors (Lipinski definition) is 0. The lowest BCUT2D eigenvalue weighted by atomic mass is 10.1. The topological polar surface area (TPSA) is 76.3 Å². The van der Waals surface area contributed by atoms with Gasteiger partial charge in [-0.3, -0.25) is 0 Å². The summed E-state index contributed by atoms with van der Waals surface area (Å²) in [7, 11) is -3.68. The van der Waals surface area contributed by atoms with Crippen LogP contribution < -0.4 is 0 Å². The third-order valence-corrected chi connectivity index (χ3v) is 7.44. The Bertz CT molecular complexity index is 1330. The van der Waals surface area contributed by atoms with E-state index in [-0.39, 0.29) is 4.90 Å². The van der Waals surface area contributed by atoms with Gasteiger partial charge >= 0.3 is 0 Å². The maximum Gasteiger partial charge on any atom is 0.245 e. The molecule has 4 aromatic rings. The van der Waals surface area contributed by atoms with E-state index in [0.29, 0.717) is 24.7 Å². The monoisotopic (exact) mass is 419 g/mol. The molecule has 1 atom stereocenters. The largest absolute Gasteiger partial charge is 0.337 e. The van der Waals surface area contributed by atoms with E-state index >= 15 is 0 Å². The van der Waals surface area contributed by atoms with Crippen molar-refractivity contribution in [2.45, 2.75) is 30.7 Å². The van der Waals surface area contributed by atoms with E-state index in [1.165, 1.54) is 4.31 Å². The third kappa shape index (κ3) is 3.30. The molecule has 1 aliphatic rings. The van der Waals surface area contributed by atoms with Crippen LogP contribution in [-0.4, -0.2) is 29.4 Å². The molecule has 0 radical (unpaired) electrons. The highest BCUT2D eigenvalue weighted by atomic mass is 32.2. The second-order valence-corrected chi connectivity index (χ2v) is 9.50. The summed E-state index contributed by atoms with van der Waals surface area (Å²) in [5.74, 6) is 0.817. The van der Waals surface area contributed by atoms with Crippen LogP contribution in [0.25, 0.3) is 22.2 Å². The van der Waals surface area contributed by atoms with Crippen LogP contribution in [0.5, 0.6) is 0 Å². The second kappa shape index (κ2) is 7.34. The Kier molecular flexibility index (Phi) is 4.64. The summed E-state index contributed by atoms with van der Waals surface area (Å²) in [4.78, 5) is 4.81. The van der Waals surface area contributed by atoms with Gasteiger partial charge in [0, 0.05) is 12.1 Å². The molecule has 7 heteroatoms. The van der Waals surface area contributed by atoms with Crippen LogP contribution in [0.4, 0.5) is 0 Å². The molecule has 0 saturated carbocycles. The molecule has 0 N–H and O–H groups in total. The number of hydrogen-bond acceptors (Lipinski definition) is 5. The van der Waals surface area contributed by atoms with Crippen LogP contribution in [0.3, 0.4) is 0 Å². The van der Waals surface area contributed by atoms with Gasteiger partial charge in [0.25, 0.3) is 0 Å². The lowest BCUT2D eigenvalue weighted by Gasteiger charge is -2.21. The Balaban J connectivity index is 1.48. The molecule has 0 aliphatic carbocycles. The molecule has 0 unspecified atom stereocenters. The molecule has 1 saturated heterocycles. The summed E-state index contributed by atoms with van der Waals surface area (Å²) in [5, 5.41) is 6.00. The number of fused-ring (bicyclic) bond motifs is 1. The normalized spacial score (nSPS) is 17.6. The predicted molar refractivity (Wildman–Crippen MR) is 114 cm³/mol. The summed E-state index contributed by atoms with van der Waals surface area (Å²) in [6, 6.07) is 20.3. The van der Waals surface area contributed by atoms with Crippen molar-refractivity contribution in [3.63, 3.8) is 0 Å². The summed E-state index contributed by atoms with van der Waals surface area (Å²) in [6.07, 6.45) is 1.40. The van der Waals surface area contributed by atoms with Crippen molar-refractivity contribution >= 4 is 20.8 Å². The summed E-state index contributed by atoms with van der Waals surface area (Å²) >= 11 is 0. The third-order valence-electron chi connectivity index (χ3n) is 5.53. The molecular formula is C23H21N3O3S. The first-order valence-corrected chi connectivity index (χ1v) is 11.4. The molecule has 30 heavy (non-hydrogen) atoms. The lowest BCUT2D eigenvalue weighted by Crippen LogP contribution is -2.30. The molecule has 152 valence electrons. The number of nitrogens with zero attached hydrogens (tertiary/aromatic N) is 3. The predicted octanol–water partition coefficient (Wildman–Crippen LogP) is 4.72. The fraction of sp³-hybridized carbons (Fsp3) is 0.217. The lowest BCUT2D eigenvalue weighted by molar-refractivity contribution is 0.290. The summed E-state index contributed by atoms with van der Waals surface area (Å²) in [6.45, 7) is 2.43. The highest BCUT2D eigenvalue weighted by molar-refractivity contribution is 7.89. The van der Waals surface area contributed by atoms with Crippen molar-refractivity contribution in [2.75, 3.05) is 6.54 Å². The van der Waals surface area contributed by atoms with Gasteiger partial charge in [0.1, 0.15) is 6.04 Å². The van der Waals surface area contributed by atoms with Crippen LogP contribution in [0, 0.1) is 6.92 Å². The number of sulfonamides is 1. The Hall–Kier alpha value is -3.03. The maximum absolute atomic E-state index is 13.4. The first kappa shape index (κ1) is 19.0. The van der Waals surface area contributed by atoms with E-state index < -0.39 is 16.1 Å². The minimum Gasteiger partial charge on any atom is -0.337 e. The molecule has 5 rings (SSSR count). The van der Waals surface area contributed by atoms with E-state index in [1.807, 2.05) is 61.5 Å². The van der Waals surface area contributed by atoms with Crippen molar-refractivity contribution < 1.29 is 12.9 Å². The molecule has 3 aromatic carbocycles. The van der Waals surface area contributed by atoms with Crippen molar-refractivity contribution in [1.29, 1.82) is 0 Å². The van der Waals surface area contributed by atoms with Crippen LogP contribution >= 0.6 is 0 Å². The zero-order chi connectivity index (χ0) is 20.7. The number of aromatic nitrogens is 2. The van der Waals surface area contributed by atoms with E-state index in [2.05, 4.69) is 10.1 Å². The maximum atomic E-state index is 13.4. The van der Waals surface area contributed by atoms with Gasteiger partial charge in [-0.2, -0.15) is 9.29 Å². The minimum atomic E-state index is -3.68. The molecule has 1 fully saturated rings. The van der Waals surface area contributed by atoms with Gasteiger partial charge in [0.05, 0.1) is 4.90 Å². The number of aryl methyl sites for hydroxylation is 1. The van der Waals surface area contributed by atoms with Gasteiger partial charge in [0.2, 0.25) is 21.7 Å². The average Bonchev–Trinajstić information content (AvgIpc) is 3.43. The van der Waals surface area contributed by atoms with E-state index in [4.69, 9.17) is 4.52 Å². The highest BCUT2D eigenvalue weighted by Gasteiger charge is 2.39. The summed E-state index contributed by atoms with van der Waals surface area (Å²) < 4.78 is 33.8. The number of benzene rings is 3. The van der Waals surface area contributed by atoms with Gasteiger partial charge in [0.15, 0.2) is 0 Å². The Morgan fingerprint density at radius 1 is 1.00 bits per heavy atom. The molecule has 0 spiro atoms. The van der Waals surface area contributed by atoms with Crippen LogP contribution in [-0.2, 0) is 10.0 Å². The van der Waals surface area contributed by atoms with Crippen molar-refractivity contribution in [1.82, 2.24) is 14.4 Å². The van der Waals surface area contributed by atoms with Gasteiger partial charge in [-0.15, -0.1) is 0 Å². The van der Waals surface area contributed by atoms with Crippen molar-refractivity contribution in [3.05, 3.63) is 78.2 Å². The van der Waals surface area contributed by atoms with E-state index in [0.717, 1.165) is 28.3 Å². The van der Waals surface area contributed by atoms with Crippen molar-refractivity contribution in [3.8, 4) is 11.4 Å². The van der Waals surface area contributed by atoms with Crippen molar-refractivity contribution in [2.24, 2.45) is 0 Å². The first-order valence-electron chi connectivity index (χ1n) is 9.94. The second-order valence-electron chi connectivity index (χ2n) is 7.61. The molecule has 0 bridgehead atoms.